The van der Waals surface area contributed by atoms with Gasteiger partial charge in [-0.1, -0.05) is 0 Å². The molecule has 0 bridgehead atoms. The Kier molecular flexibility index (Phi) is 4.27. The fourth-order valence-electron chi connectivity index (χ4n) is 1.63. The number of hydrogen-bond acceptors (Lipinski definition) is 4. The van der Waals surface area contributed by atoms with Crippen LogP contribution in [0.3, 0.4) is 0 Å². The van der Waals surface area contributed by atoms with Crippen molar-refractivity contribution in [1.82, 2.24) is 4.98 Å². The zero-order valence-electron chi connectivity index (χ0n) is 10.8. The first-order valence-electron chi connectivity index (χ1n) is 5.76. The minimum absolute atomic E-state index is 0.355. The van der Waals surface area contributed by atoms with E-state index in [9.17, 15) is 19.3 Å². The molecule has 0 aliphatic carbocycles. The zero-order valence-corrected chi connectivity index (χ0v) is 12.3. The van der Waals surface area contributed by atoms with Gasteiger partial charge in [-0.05, 0) is 40.5 Å². The number of anilines is 1. The molecule has 1 N–H and O–H groups in total. The van der Waals surface area contributed by atoms with E-state index in [0.717, 1.165) is 23.8 Å². The number of nitro groups is 1. The van der Waals surface area contributed by atoms with Crippen LogP contribution in [0.15, 0.2) is 35.1 Å². The topological polar surface area (TPSA) is 85.1 Å². The summed E-state index contributed by atoms with van der Waals surface area (Å²) in [6.45, 7) is 1.78. The van der Waals surface area contributed by atoms with Crippen molar-refractivity contribution in [3.05, 3.63) is 62.1 Å². The number of nitrogens with one attached hydrogen (secondary N) is 1. The van der Waals surface area contributed by atoms with E-state index in [2.05, 4.69) is 26.2 Å². The zero-order chi connectivity index (χ0) is 15.6. The molecule has 0 atom stereocenters. The van der Waals surface area contributed by atoms with Crippen LogP contribution in [-0.4, -0.2) is 15.8 Å². The van der Waals surface area contributed by atoms with Gasteiger partial charge in [-0.25, -0.2) is 9.37 Å². The lowest BCUT2D eigenvalue weighted by atomic mass is 10.1. The monoisotopic (exact) mass is 353 g/mol. The third-order valence-corrected chi connectivity index (χ3v) is 3.51. The normalized spacial score (nSPS) is 10.2. The van der Waals surface area contributed by atoms with Gasteiger partial charge in [0.1, 0.15) is 10.4 Å². The number of benzene rings is 1. The van der Waals surface area contributed by atoms with Gasteiger partial charge in [-0.2, -0.15) is 0 Å². The van der Waals surface area contributed by atoms with Gasteiger partial charge in [0.15, 0.2) is 0 Å². The molecule has 0 spiro atoms. The molecule has 0 radical (unpaired) electrons. The predicted molar refractivity (Wildman–Crippen MR) is 77.7 cm³/mol. The number of carbonyl (C=O) groups is 1. The standard InChI is InChI=1S/C13H9BrFN3O3/c1-7-4-8(6-16-12(7)14)17-13(19)10-5-9(18(20)21)2-3-11(10)15/h2-6H,1H3,(H,17,19). The number of aryl methyl sites for hydroxylation is 1. The van der Waals surface area contributed by atoms with E-state index in [0.29, 0.717) is 10.3 Å². The molecule has 0 unspecified atom stereocenters. The van der Waals surface area contributed by atoms with Crippen LogP contribution in [0.5, 0.6) is 0 Å². The summed E-state index contributed by atoms with van der Waals surface area (Å²) in [4.78, 5) is 26.0. The molecular weight excluding hydrogens is 345 g/mol. The van der Waals surface area contributed by atoms with Gasteiger partial charge in [-0.15, -0.1) is 0 Å². The van der Waals surface area contributed by atoms with Crippen LogP contribution in [0.25, 0.3) is 0 Å². The van der Waals surface area contributed by atoms with E-state index >= 15 is 0 Å². The van der Waals surface area contributed by atoms with Crippen molar-refractivity contribution in [2.24, 2.45) is 0 Å². The Bertz CT molecular complexity index is 737. The van der Waals surface area contributed by atoms with Crippen LogP contribution < -0.4 is 5.32 Å². The molecule has 6 nitrogen and oxygen atoms in total. The van der Waals surface area contributed by atoms with Gasteiger partial charge < -0.3 is 5.32 Å². The van der Waals surface area contributed by atoms with Crippen LogP contribution in [-0.2, 0) is 0 Å². The van der Waals surface area contributed by atoms with Gasteiger partial charge in [0.2, 0.25) is 0 Å². The molecule has 1 heterocycles. The number of hydrogen-bond donors (Lipinski definition) is 1. The van der Waals surface area contributed by atoms with E-state index in [4.69, 9.17) is 0 Å². The second kappa shape index (κ2) is 5.96. The lowest BCUT2D eigenvalue weighted by Gasteiger charge is -2.07. The van der Waals surface area contributed by atoms with E-state index in [1.165, 1.54) is 6.20 Å². The highest BCUT2D eigenvalue weighted by Gasteiger charge is 2.17. The van der Waals surface area contributed by atoms with Gasteiger partial charge in [-0.3, -0.25) is 14.9 Å². The number of rotatable bonds is 3. The Morgan fingerprint density at radius 3 is 2.76 bits per heavy atom. The predicted octanol–water partition coefficient (Wildman–Crippen LogP) is 3.45. The molecule has 0 aliphatic rings. The average Bonchev–Trinajstić information content (AvgIpc) is 2.43. The number of pyridine rings is 1. The van der Waals surface area contributed by atoms with Crippen molar-refractivity contribution in [2.75, 3.05) is 5.32 Å². The molecule has 1 aromatic heterocycles. The Hall–Kier alpha value is -2.35. The fraction of sp³-hybridized carbons (Fsp3) is 0.0769. The molecule has 1 aromatic carbocycles. The molecule has 21 heavy (non-hydrogen) atoms. The smallest absolute Gasteiger partial charge is 0.270 e. The molecule has 108 valence electrons. The highest BCUT2D eigenvalue weighted by molar-refractivity contribution is 9.10. The van der Waals surface area contributed by atoms with E-state index in [1.54, 1.807) is 13.0 Å². The minimum atomic E-state index is -0.833. The maximum Gasteiger partial charge on any atom is 0.270 e. The summed E-state index contributed by atoms with van der Waals surface area (Å²) >= 11 is 3.22. The lowest BCUT2D eigenvalue weighted by molar-refractivity contribution is -0.384. The fourth-order valence-corrected chi connectivity index (χ4v) is 1.84. The van der Waals surface area contributed by atoms with Crippen molar-refractivity contribution in [3.8, 4) is 0 Å². The Morgan fingerprint density at radius 1 is 1.43 bits per heavy atom. The number of amides is 1. The number of non-ortho nitro benzene ring substituents is 1. The lowest BCUT2D eigenvalue weighted by Crippen LogP contribution is -2.14. The second-order valence-corrected chi connectivity index (χ2v) is 4.96. The quantitative estimate of drug-likeness (QED) is 0.520. The van der Waals surface area contributed by atoms with Gasteiger partial charge in [0, 0.05) is 12.1 Å². The third-order valence-electron chi connectivity index (χ3n) is 2.68. The summed E-state index contributed by atoms with van der Waals surface area (Å²) in [5.74, 6) is -1.61. The minimum Gasteiger partial charge on any atom is -0.320 e. The SMILES string of the molecule is Cc1cc(NC(=O)c2cc([N+](=O)[O-])ccc2F)cnc1Br. The molecular formula is C13H9BrFN3O3. The van der Waals surface area contributed by atoms with Crippen molar-refractivity contribution < 1.29 is 14.1 Å². The van der Waals surface area contributed by atoms with Gasteiger partial charge >= 0.3 is 0 Å². The van der Waals surface area contributed by atoms with E-state index < -0.39 is 22.2 Å². The molecule has 2 rings (SSSR count). The average molecular weight is 354 g/mol. The maximum absolute atomic E-state index is 13.6. The molecule has 0 saturated heterocycles. The second-order valence-electron chi connectivity index (χ2n) is 4.21. The summed E-state index contributed by atoms with van der Waals surface area (Å²) < 4.78 is 14.2. The molecule has 1 amide bonds. The first-order chi connectivity index (χ1) is 9.88. The molecule has 0 saturated carbocycles. The van der Waals surface area contributed by atoms with Gasteiger partial charge in [0.05, 0.1) is 22.4 Å². The van der Waals surface area contributed by atoms with Gasteiger partial charge in [0.25, 0.3) is 11.6 Å². The number of aromatic nitrogens is 1. The summed E-state index contributed by atoms with van der Waals surface area (Å²) in [5.41, 5.74) is 0.398. The van der Waals surface area contributed by atoms with Crippen LogP contribution >= 0.6 is 15.9 Å². The maximum atomic E-state index is 13.6. The van der Waals surface area contributed by atoms with Crippen LogP contribution in [0, 0.1) is 22.9 Å². The number of nitrogens with zero attached hydrogens (tertiary/aromatic N) is 2. The third kappa shape index (κ3) is 3.40. The summed E-state index contributed by atoms with van der Waals surface area (Å²) in [5, 5.41) is 13.1. The van der Waals surface area contributed by atoms with E-state index in [1.807, 2.05) is 0 Å². The molecule has 2 aromatic rings. The van der Waals surface area contributed by atoms with Crippen molar-refractivity contribution in [2.45, 2.75) is 6.92 Å². The van der Waals surface area contributed by atoms with Crippen LogP contribution in [0.4, 0.5) is 15.8 Å². The summed E-state index contributed by atoms with van der Waals surface area (Å²) in [7, 11) is 0. The number of halogens is 2. The van der Waals surface area contributed by atoms with Crippen molar-refractivity contribution in [1.29, 1.82) is 0 Å². The summed E-state index contributed by atoms with van der Waals surface area (Å²) in [6, 6.07) is 4.42. The molecule has 8 heteroatoms. The number of nitro benzene ring substituents is 1. The first-order valence-corrected chi connectivity index (χ1v) is 6.55. The summed E-state index contributed by atoms with van der Waals surface area (Å²) in [6.07, 6.45) is 1.39. The van der Waals surface area contributed by atoms with Crippen molar-refractivity contribution >= 4 is 33.2 Å². The first kappa shape index (κ1) is 15.0. The van der Waals surface area contributed by atoms with E-state index in [-0.39, 0.29) is 5.69 Å². The highest BCUT2D eigenvalue weighted by atomic mass is 79.9. The van der Waals surface area contributed by atoms with Crippen LogP contribution in [0.1, 0.15) is 15.9 Å². The Morgan fingerprint density at radius 2 is 2.14 bits per heavy atom. The molecule has 0 aliphatic heterocycles. The molecule has 0 fully saturated rings. The Balaban J connectivity index is 2.29. The Labute approximate surface area is 127 Å². The van der Waals surface area contributed by atoms with Crippen molar-refractivity contribution in [3.63, 3.8) is 0 Å². The highest BCUT2D eigenvalue weighted by Crippen LogP contribution is 2.20. The van der Waals surface area contributed by atoms with Crippen LogP contribution in [0.2, 0.25) is 0 Å². The largest absolute Gasteiger partial charge is 0.320 e. The number of carbonyl (C=O) groups excluding carboxylic acids is 1.